The Morgan fingerprint density at radius 1 is 1.06 bits per heavy atom. The molecule has 2 unspecified atom stereocenters. The number of amides is 5. The number of methoxy groups -OCH3 is 2. The van der Waals surface area contributed by atoms with Crippen LogP contribution < -0.4 is 11.1 Å². The second-order valence-electron chi connectivity index (χ2n) is 15.0. The van der Waals surface area contributed by atoms with Crippen LogP contribution in [0, 0.1) is 23.7 Å². The lowest BCUT2D eigenvalue weighted by Gasteiger charge is -2.46. The molecule has 0 bridgehead atoms. The lowest BCUT2D eigenvalue weighted by atomic mass is 9.81. The minimum atomic E-state index is -0.622. The molecule has 2 aliphatic heterocycles. The van der Waals surface area contributed by atoms with Crippen molar-refractivity contribution in [1.82, 2.24) is 20.0 Å². The lowest BCUT2D eigenvalue weighted by Crippen LogP contribution is -2.62. The zero-order chi connectivity index (χ0) is 38.7. The van der Waals surface area contributed by atoms with E-state index in [9.17, 15) is 24.3 Å². The van der Waals surface area contributed by atoms with E-state index in [0.717, 1.165) is 18.4 Å². The minimum Gasteiger partial charge on any atom is -0.394 e. The summed E-state index contributed by atoms with van der Waals surface area (Å²) in [7, 11) is 4.88. The van der Waals surface area contributed by atoms with Crippen molar-refractivity contribution >= 4 is 23.8 Å². The van der Waals surface area contributed by atoms with Crippen LogP contribution in [0.15, 0.2) is 30.3 Å². The largest absolute Gasteiger partial charge is 0.394 e. The first-order valence-corrected chi connectivity index (χ1v) is 19.0. The van der Waals surface area contributed by atoms with Gasteiger partial charge in [0.05, 0.1) is 73.9 Å². The van der Waals surface area contributed by atoms with Crippen molar-refractivity contribution in [3.05, 3.63) is 35.9 Å². The monoisotopic (exact) mass is 731 g/mol. The first-order chi connectivity index (χ1) is 24.7. The van der Waals surface area contributed by atoms with Crippen LogP contribution in [0.2, 0.25) is 0 Å². The van der Waals surface area contributed by atoms with Crippen LogP contribution in [0.5, 0.6) is 0 Å². The average molecular weight is 732 g/mol. The molecule has 0 aromatic heterocycles. The van der Waals surface area contributed by atoms with Gasteiger partial charge in [0.15, 0.2) is 0 Å². The number of benzene rings is 1. The Balaban J connectivity index is 1.79. The summed E-state index contributed by atoms with van der Waals surface area (Å²) in [5, 5.41) is 13.0. The highest BCUT2D eigenvalue weighted by Gasteiger charge is 2.47. The molecule has 2 heterocycles. The van der Waals surface area contributed by atoms with Gasteiger partial charge in [-0.3, -0.25) is 14.4 Å². The number of aliphatic hydroxyl groups excluding tert-OH is 1. The number of urea groups is 1. The van der Waals surface area contributed by atoms with E-state index in [1.165, 1.54) is 0 Å². The Morgan fingerprint density at radius 2 is 1.73 bits per heavy atom. The third kappa shape index (κ3) is 10.4. The topological polar surface area (TPSA) is 164 Å². The molecule has 13 heteroatoms. The van der Waals surface area contributed by atoms with Gasteiger partial charge in [0, 0.05) is 34.4 Å². The molecule has 13 nitrogen and oxygen atoms in total. The number of carbonyl (C=O) groups is 4. The molecule has 5 amide bonds. The molecule has 10 atom stereocenters. The first-order valence-electron chi connectivity index (χ1n) is 19.0. The van der Waals surface area contributed by atoms with E-state index in [0.29, 0.717) is 32.5 Å². The fraction of sp³-hybridized carbons (Fsp3) is 0.744. The second-order valence-corrected chi connectivity index (χ2v) is 15.0. The molecule has 0 spiro atoms. The summed E-state index contributed by atoms with van der Waals surface area (Å²) in [5.41, 5.74) is 6.79. The van der Waals surface area contributed by atoms with Gasteiger partial charge >= 0.3 is 6.03 Å². The molecule has 52 heavy (non-hydrogen) atoms. The maximum atomic E-state index is 14.5. The number of likely N-dealkylation sites (tertiary alicyclic amines) is 1. The summed E-state index contributed by atoms with van der Waals surface area (Å²) in [4.78, 5) is 59.8. The number of hydrogen-bond acceptors (Lipinski definition) is 8. The average Bonchev–Trinajstić information content (AvgIpc) is 3.61. The van der Waals surface area contributed by atoms with Crippen molar-refractivity contribution < 1.29 is 38.5 Å². The van der Waals surface area contributed by atoms with E-state index in [1.807, 2.05) is 58.0 Å². The second kappa shape index (κ2) is 20.3. The minimum absolute atomic E-state index is 0.0213. The van der Waals surface area contributed by atoms with Crippen molar-refractivity contribution in [3.63, 3.8) is 0 Å². The van der Waals surface area contributed by atoms with Gasteiger partial charge in [0.2, 0.25) is 17.7 Å². The number of nitrogens with two attached hydrogens (primary N) is 1. The van der Waals surface area contributed by atoms with E-state index in [-0.39, 0.29) is 48.6 Å². The first kappa shape index (κ1) is 43.1. The number of hydrogen-bond donors (Lipinski definition) is 3. The Hall–Kier alpha value is -3.26. The van der Waals surface area contributed by atoms with Crippen molar-refractivity contribution in [1.29, 1.82) is 0 Å². The molecule has 4 N–H and O–H groups in total. The van der Waals surface area contributed by atoms with Gasteiger partial charge in [-0.05, 0) is 43.6 Å². The number of likely N-dealkylation sites (N-methyl/N-ethyl adjacent to an activating group) is 1. The molecule has 2 aliphatic rings. The highest BCUT2D eigenvalue weighted by molar-refractivity contribution is 5.82. The van der Waals surface area contributed by atoms with Gasteiger partial charge in [0.1, 0.15) is 0 Å². The summed E-state index contributed by atoms with van der Waals surface area (Å²) in [5.74, 6) is -1.88. The number of nitrogens with zero attached hydrogens (tertiary/aromatic N) is 3. The van der Waals surface area contributed by atoms with E-state index in [4.69, 9.17) is 19.9 Å². The summed E-state index contributed by atoms with van der Waals surface area (Å²) >= 11 is 0. The molecule has 0 radical (unpaired) electrons. The van der Waals surface area contributed by atoms with Crippen LogP contribution in [0.25, 0.3) is 0 Å². The Labute approximate surface area is 310 Å². The molecule has 0 aliphatic carbocycles. The summed E-state index contributed by atoms with van der Waals surface area (Å²) in [6.45, 7) is 12.6. The van der Waals surface area contributed by atoms with Crippen LogP contribution in [-0.4, -0.2) is 134 Å². The van der Waals surface area contributed by atoms with Gasteiger partial charge in [0.25, 0.3) is 0 Å². The van der Waals surface area contributed by atoms with E-state index in [1.54, 1.807) is 42.9 Å². The van der Waals surface area contributed by atoms with Crippen molar-refractivity contribution in [2.75, 3.05) is 47.6 Å². The maximum absolute atomic E-state index is 14.5. The fourth-order valence-corrected chi connectivity index (χ4v) is 8.34. The molecule has 3 rings (SSSR count). The van der Waals surface area contributed by atoms with E-state index >= 15 is 0 Å². The molecular formula is C39H65N5O8. The summed E-state index contributed by atoms with van der Waals surface area (Å²) in [6, 6.07) is 7.31. The van der Waals surface area contributed by atoms with Crippen LogP contribution in [-0.2, 0) is 35.0 Å². The highest BCUT2D eigenvalue weighted by Crippen LogP contribution is 2.33. The number of ether oxygens (including phenoxy) is 3. The normalized spacial score (nSPS) is 23.3. The van der Waals surface area contributed by atoms with Gasteiger partial charge in [-0.15, -0.1) is 0 Å². The zero-order valence-corrected chi connectivity index (χ0v) is 32.8. The predicted molar refractivity (Wildman–Crippen MR) is 199 cm³/mol. The Bertz CT molecular complexity index is 1300. The highest BCUT2D eigenvalue weighted by atomic mass is 16.5. The van der Waals surface area contributed by atoms with Gasteiger partial charge in [-0.2, -0.15) is 0 Å². The fourth-order valence-electron chi connectivity index (χ4n) is 8.34. The van der Waals surface area contributed by atoms with Crippen LogP contribution in [0.3, 0.4) is 0 Å². The van der Waals surface area contributed by atoms with Crippen LogP contribution >= 0.6 is 0 Å². The lowest BCUT2D eigenvalue weighted by molar-refractivity contribution is -0.153. The number of carbonyl (C=O) groups excluding carboxylic acids is 4. The molecular weight excluding hydrogens is 666 g/mol. The van der Waals surface area contributed by atoms with E-state index in [2.05, 4.69) is 12.2 Å². The Kier molecular flexibility index (Phi) is 16.8. The van der Waals surface area contributed by atoms with Crippen molar-refractivity contribution in [2.45, 2.75) is 116 Å². The number of primary amides is 1. The number of morpholine rings is 1. The van der Waals surface area contributed by atoms with Crippen molar-refractivity contribution in [2.24, 2.45) is 29.4 Å². The van der Waals surface area contributed by atoms with Gasteiger partial charge in [-0.1, -0.05) is 71.4 Å². The smallest absolute Gasteiger partial charge is 0.315 e. The SMILES string of the molecule is CC[C@H](C)[C@@H]([C@@H](CC(=O)N1CCC[C@H]1[C@H](OC)[C@@H](C)C(=O)N[C@H](CO)Cc1ccccc1)OC)N(C)C(=O)[C@@H](C(C)C)C1C(C)OCCN1C(N)=O. The maximum Gasteiger partial charge on any atom is 0.315 e. The summed E-state index contributed by atoms with van der Waals surface area (Å²) in [6.07, 6.45) is 1.11. The molecule has 2 saturated heterocycles. The number of rotatable bonds is 18. The number of nitrogens with one attached hydrogen (secondary N) is 1. The third-order valence-corrected chi connectivity index (χ3v) is 11.4. The van der Waals surface area contributed by atoms with Crippen LogP contribution in [0.1, 0.15) is 72.8 Å². The van der Waals surface area contributed by atoms with Crippen LogP contribution in [0.4, 0.5) is 4.79 Å². The van der Waals surface area contributed by atoms with Crippen molar-refractivity contribution in [3.8, 4) is 0 Å². The van der Waals surface area contributed by atoms with Gasteiger partial charge < -0.3 is 45.1 Å². The van der Waals surface area contributed by atoms with E-state index < -0.39 is 54.3 Å². The molecule has 1 aromatic rings. The zero-order valence-electron chi connectivity index (χ0n) is 32.8. The summed E-state index contributed by atoms with van der Waals surface area (Å²) < 4.78 is 17.9. The molecule has 294 valence electrons. The Morgan fingerprint density at radius 3 is 2.29 bits per heavy atom. The standard InChI is InChI=1S/C39H65N5O8/c1-10-25(4)34(42(7)38(48)33(24(2)3)35-27(6)52-20-19-44(35)39(40)49)31(50-8)22-32(46)43-18-14-17-30(43)36(51-9)26(5)37(47)41-29(23-45)21-28-15-12-11-13-16-28/h11-13,15-16,24-27,29-31,33-36,45H,10,14,17-23H2,1-9H3,(H2,40,49)(H,41,47)/t25-,26+,27?,29-,30-,31+,33-,34-,35?,36+/m0/s1. The quantitative estimate of drug-likeness (QED) is 0.208. The molecule has 2 fully saturated rings. The molecule has 1 aromatic carbocycles. The third-order valence-electron chi connectivity index (χ3n) is 11.4. The number of aliphatic hydroxyl groups is 1. The molecule has 0 saturated carbocycles. The predicted octanol–water partition coefficient (Wildman–Crippen LogP) is 3.07. The van der Waals surface area contributed by atoms with Gasteiger partial charge in [-0.25, -0.2) is 4.79 Å².